The maximum absolute atomic E-state index is 12.3. The molecule has 1 aromatic carbocycles. The maximum atomic E-state index is 12.3. The zero-order valence-corrected chi connectivity index (χ0v) is 12.2. The van der Waals surface area contributed by atoms with Gasteiger partial charge >= 0.3 is 12.1 Å². The molecule has 0 aliphatic carbocycles. The van der Waals surface area contributed by atoms with Crippen LogP contribution in [0.25, 0.3) is 0 Å². The SMILES string of the molecule is COc1ccc(C(=O)OC2CCN(CC(F)(F)F)CC2)cc1. The standard InChI is InChI=1S/C15H18F3NO3/c1-21-12-4-2-11(3-5-12)14(20)22-13-6-8-19(9-7-13)10-15(16,17)18/h2-5,13H,6-10H2,1H3. The Bertz CT molecular complexity index is 494. The van der Waals surface area contributed by atoms with Gasteiger partial charge in [0, 0.05) is 13.1 Å². The Morgan fingerprint density at radius 2 is 1.82 bits per heavy atom. The van der Waals surface area contributed by atoms with E-state index in [2.05, 4.69) is 0 Å². The van der Waals surface area contributed by atoms with Gasteiger partial charge in [-0.1, -0.05) is 0 Å². The van der Waals surface area contributed by atoms with Gasteiger partial charge in [-0.05, 0) is 37.1 Å². The highest BCUT2D eigenvalue weighted by Gasteiger charge is 2.33. The Kier molecular flexibility index (Phi) is 5.28. The Labute approximate surface area is 126 Å². The Morgan fingerprint density at radius 3 is 2.32 bits per heavy atom. The van der Waals surface area contributed by atoms with E-state index in [0.29, 0.717) is 24.2 Å². The summed E-state index contributed by atoms with van der Waals surface area (Å²) in [4.78, 5) is 13.3. The van der Waals surface area contributed by atoms with Crippen molar-refractivity contribution in [3.05, 3.63) is 29.8 Å². The Balaban J connectivity index is 1.81. The average Bonchev–Trinajstić information content (AvgIpc) is 2.48. The van der Waals surface area contributed by atoms with E-state index >= 15 is 0 Å². The van der Waals surface area contributed by atoms with Crippen molar-refractivity contribution in [3.8, 4) is 5.75 Å². The lowest BCUT2D eigenvalue weighted by atomic mass is 10.1. The van der Waals surface area contributed by atoms with Crippen LogP contribution in [0.1, 0.15) is 23.2 Å². The van der Waals surface area contributed by atoms with Crippen molar-refractivity contribution >= 4 is 5.97 Å². The number of piperidine rings is 1. The molecular formula is C15H18F3NO3. The molecule has 7 heteroatoms. The minimum Gasteiger partial charge on any atom is -0.497 e. The maximum Gasteiger partial charge on any atom is 0.401 e. The highest BCUT2D eigenvalue weighted by atomic mass is 19.4. The van der Waals surface area contributed by atoms with Crippen LogP contribution in [0.15, 0.2) is 24.3 Å². The van der Waals surface area contributed by atoms with Crippen LogP contribution in [0.4, 0.5) is 13.2 Å². The van der Waals surface area contributed by atoms with Crippen molar-refractivity contribution < 1.29 is 27.4 Å². The minimum atomic E-state index is -4.19. The second-order valence-corrected chi connectivity index (χ2v) is 5.22. The van der Waals surface area contributed by atoms with Gasteiger partial charge in [0.25, 0.3) is 0 Å². The van der Waals surface area contributed by atoms with Crippen molar-refractivity contribution in [1.82, 2.24) is 4.90 Å². The van der Waals surface area contributed by atoms with Gasteiger partial charge in [-0.2, -0.15) is 13.2 Å². The summed E-state index contributed by atoms with van der Waals surface area (Å²) in [6.07, 6.45) is -3.69. The lowest BCUT2D eigenvalue weighted by Crippen LogP contribution is -2.42. The molecule has 1 saturated heterocycles. The number of alkyl halides is 3. The first kappa shape index (κ1) is 16.6. The van der Waals surface area contributed by atoms with E-state index in [1.165, 1.54) is 12.0 Å². The number of likely N-dealkylation sites (tertiary alicyclic amines) is 1. The number of methoxy groups -OCH3 is 1. The third-order valence-electron chi connectivity index (χ3n) is 3.54. The number of carbonyl (C=O) groups is 1. The Hall–Kier alpha value is -1.76. The van der Waals surface area contributed by atoms with Gasteiger partial charge in [0.1, 0.15) is 11.9 Å². The third kappa shape index (κ3) is 4.91. The minimum absolute atomic E-state index is 0.278. The van der Waals surface area contributed by atoms with Crippen LogP contribution in [-0.2, 0) is 4.74 Å². The number of hydrogen-bond donors (Lipinski definition) is 0. The van der Waals surface area contributed by atoms with E-state index in [9.17, 15) is 18.0 Å². The number of carbonyl (C=O) groups excluding carboxylic acids is 1. The fourth-order valence-electron chi connectivity index (χ4n) is 2.39. The molecule has 1 fully saturated rings. The smallest absolute Gasteiger partial charge is 0.401 e. The van der Waals surface area contributed by atoms with Crippen molar-refractivity contribution in [3.63, 3.8) is 0 Å². The summed E-state index contributed by atoms with van der Waals surface area (Å²) in [5.74, 6) is 0.175. The quantitative estimate of drug-likeness (QED) is 0.801. The fraction of sp³-hybridized carbons (Fsp3) is 0.533. The number of ether oxygens (including phenoxy) is 2. The highest BCUT2D eigenvalue weighted by Crippen LogP contribution is 2.21. The molecule has 0 spiro atoms. The molecule has 22 heavy (non-hydrogen) atoms. The molecular weight excluding hydrogens is 299 g/mol. The van der Waals surface area contributed by atoms with Gasteiger partial charge in [0.2, 0.25) is 0 Å². The molecule has 1 heterocycles. The summed E-state index contributed by atoms with van der Waals surface area (Å²) in [7, 11) is 1.53. The van der Waals surface area contributed by atoms with E-state index in [1.807, 2.05) is 0 Å². The van der Waals surface area contributed by atoms with Crippen molar-refractivity contribution in [2.45, 2.75) is 25.1 Å². The zero-order chi connectivity index (χ0) is 16.2. The molecule has 0 saturated carbocycles. The van der Waals surface area contributed by atoms with Crippen LogP contribution in [-0.4, -0.2) is 49.9 Å². The first-order chi connectivity index (χ1) is 10.4. The molecule has 0 unspecified atom stereocenters. The van der Waals surface area contributed by atoms with Gasteiger partial charge in [0.15, 0.2) is 0 Å². The predicted molar refractivity (Wildman–Crippen MR) is 73.9 cm³/mol. The van der Waals surface area contributed by atoms with Gasteiger partial charge in [-0.25, -0.2) is 4.79 Å². The molecule has 0 radical (unpaired) electrons. The predicted octanol–water partition coefficient (Wildman–Crippen LogP) is 2.88. The molecule has 1 aromatic rings. The van der Waals surface area contributed by atoms with Gasteiger partial charge < -0.3 is 9.47 Å². The fourth-order valence-corrected chi connectivity index (χ4v) is 2.39. The van der Waals surface area contributed by atoms with E-state index in [0.717, 1.165) is 0 Å². The van der Waals surface area contributed by atoms with Crippen molar-refractivity contribution in [2.75, 3.05) is 26.7 Å². The number of esters is 1. The van der Waals surface area contributed by atoms with Crippen LogP contribution in [0, 0.1) is 0 Å². The monoisotopic (exact) mass is 317 g/mol. The third-order valence-corrected chi connectivity index (χ3v) is 3.54. The molecule has 0 bridgehead atoms. The second kappa shape index (κ2) is 7.00. The number of halogens is 3. The lowest BCUT2D eigenvalue weighted by molar-refractivity contribution is -0.150. The largest absolute Gasteiger partial charge is 0.497 e. The highest BCUT2D eigenvalue weighted by molar-refractivity contribution is 5.89. The summed E-state index contributed by atoms with van der Waals surface area (Å²) in [6, 6.07) is 6.50. The second-order valence-electron chi connectivity index (χ2n) is 5.22. The van der Waals surface area contributed by atoms with Crippen LogP contribution in [0.2, 0.25) is 0 Å². The molecule has 0 aromatic heterocycles. The van der Waals surface area contributed by atoms with Crippen LogP contribution in [0.5, 0.6) is 5.75 Å². The number of nitrogens with zero attached hydrogens (tertiary/aromatic N) is 1. The summed E-state index contributed by atoms with van der Waals surface area (Å²) in [6.45, 7) is -0.355. The molecule has 0 N–H and O–H groups in total. The van der Waals surface area contributed by atoms with Gasteiger partial charge in [-0.15, -0.1) is 0 Å². The summed E-state index contributed by atoms with van der Waals surface area (Å²) >= 11 is 0. The first-order valence-electron chi connectivity index (χ1n) is 7.01. The Morgan fingerprint density at radius 1 is 1.23 bits per heavy atom. The van der Waals surface area contributed by atoms with E-state index < -0.39 is 18.7 Å². The summed E-state index contributed by atoms with van der Waals surface area (Å²) in [5, 5.41) is 0. The normalized spacial score (nSPS) is 17.3. The molecule has 0 atom stereocenters. The van der Waals surface area contributed by atoms with Gasteiger partial charge in [-0.3, -0.25) is 4.90 Å². The average molecular weight is 317 g/mol. The van der Waals surface area contributed by atoms with Crippen molar-refractivity contribution in [1.29, 1.82) is 0 Å². The number of rotatable bonds is 4. The topological polar surface area (TPSA) is 38.8 Å². The number of benzene rings is 1. The summed E-state index contributed by atoms with van der Waals surface area (Å²) < 4.78 is 47.2. The van der Waals surface area contributed by atoms with E-state index in [1.54, 1.807) is 24.3 Å². The first-order valence-corrected chi connectivity index (χ1v) is 7.01. The van der Waals surface area contributed by atoms with E-state index in [-0.39, 0.29) is 19.2 Å². The van der Waals surface area contributed by atoms with Crippen LogP contribution >= 0.6 is 0 Å². The van der Waals surface area contributed by atoms with Crippen LogP contribution < -0.4 is 4.74 Å². The molecule has 2 rings (SSSR count). The molecule has 1 aliphatic heterocycles. The number of hydrogen-bond acceptors (Lipinski definition) is 4. The molecule has 0 amide bonds. The summed E-state index contributed by atoms with van der Waals surface area (Å²) in [5.41, 5.74) is 0.401. The molecule has 122 valence electrons. The molecule has 4 nitrogen and oxygen atoms in total. The van der Waals surface area contributed by atoms with Gasteiger partial charge in [0.05, 0.1) is 19.2 Å². The lowest BCUT2D eigenvalue weighted by Gasteiger charge is -2.31. The van der Waals surface area contributed by atoms with E-state index in [4.69, 9.17) is 9.47 Å². The van der Waals surface area contributed by atoms with Crippen molar-refractivity contribution in [2.24, 2.45) is 0 Å². The zero-order valence-electron chi connectivity index (χ0n) is 12.2. The van der Waals surface area contributed by atoms with Crippen LogP contribution in [0.3, 0.4) is 0 Å². The molecule has 1 aliphatic rings.